The van der Waals surface area contributed by atoms with Crippen LogP contribution in [-0.2, 0) is 16.1 Å². The summed E-state index contributed by atoms with van der Waals surface area (Å²) in [4.78, 5) is 27.9. The highest BCUT2D eigenvalue weighted by Gasteiger charge is 2.46. The number of nitrogens with zero attached hydrogens (tertiary/aromatic N) is 1. The minimum Gasteiger partial charge on any atom is -0.508 e. The zero-order valence-corrected chi connectivity index (χ0v) is 21.4. The summed E-state index contributed by atoms with van der Waals surface area (Å²) in [5, 5.41) is 21.0. The number of amides is 1. The quantitative estimate of drug-likeness (QED) is 0.249. The van der Waals surface area contributed by atoms with E-state index in [1.165, 1.54) is 17.0 Å². The van der Waals surface area contributed by atoms with E-state index in [0.29, 0.717) is 29.2 Å². The van der Waals surface area contributed by atoms with Gasteiger partial charge in [-0.1, -0.05) is 24.3 Å². The number of aliphatic hydroxyl groups excluding tert-OH is 1. The molecule has 1 saturated heterocycles. The van der Waals surface area contributed by atoms with Crippen LogP contribution < -0.4 is 9.47 Å². The number of carbonyl (C=O) groups is 2. The highest BCUT2D eigenvalue weighted by molar-refractivity contribution is 6.46. The van der Waals surface area contributed by atoms with Crippen molar-refractivity contribution in [1.29, 1.82) is 0 Å². The number of likely N-dealkylation sites (tertiary alicyclic amines) is 1. The molecule has 3 aromatic rings. The first-order valence-corrected chi connectivity index (χ1v) is 12.2. The summed E-state index contributed by atoms with van der Waals surface area (Å²) >= 11 is 0. The SMILES string of the molecule is CCOc1ccc(/C(O)=C2/C(=O)C(=O)N(Cc3ccc(OC(C)(C)C)cc3)C2c2ccc(O)cc2)cc1. The highest BCUT2D eigenvalue weighted by Crippen LogP contribution is 2.41. The number of aromatic hydroxyl groups is 1. The molecule has 1 aliphatic heterocycles. The molecule has 0 radical (unpaired) electrons. The first-order chi connectivity index (χ1) is 17.6. The molecule has 0 aromatic heterocycles. The summed E-state index contributed by atoms with van der Waals surface area (Å²) in [5.74, 6) is -0.354. The van der Waals surface area contributed by atoms with Gasteiger partial charge in [0.1, 0.15) is 28.6 Å². The Morgan fingerprint density at radius 3 is 2.05 bits per heavy atom. The summed E-state index contributed by atoms with van der Waals surface area (Å²) in [5.41, 5.74) is 1.44. The van der Waals surface area contributed by atoms with Gasteiger partial charge in [-0.05, 0) is 87.4 Å². The minimum atomic E-state index is -0.835. The molecule has 1 unspecified atom stereocenters. The summed E-state index contributed by atoms with van der Waals surface area (Å²) in [6.45, 7) is 8.40. The maximum atomic E-state index is 13.2. The van der Waals surface area contributed by atoms with Gasteiger partial charge in [-0.3, -0.25) is 9.59 Å². The Morgan fingerprint density at radius 1 is 0.892 bits per heavy atom. The Kier molecular flexibility index (Phi) is 7.25. The zero-order chi connectivity index (χ0) is 26.7. The molecule has 192 valence electrons. The van der Waals surface area contributed by atoms with Crippen LogP contribution in [0.15, 0.2) is 78.4 Å². The summed E-state index contributed by atoms with van der Waals surface area (Å²) in [6, 6.07) is 19.5. The third kappa shape index (κ3) is 5.77. The summed E-state index contributed by atoms with van der Waals surface area (Å²) < 4.78 is 11.3. The molecule has 1 amide bonds. The molecule has 1 fully saturated rings. The van der Waals surface area contributed by atoms with Gasteiger partial charge in [-0.15, -0.1) is 0 Å². The van der Waals surface area contributed by atoms with E-state index >= 15 is 0 Å². The molecule has 7 nitrogen and oxygen atoms in total. The van der Waals surface area contributed by atoms with E-state index < -0.39 is 17.7 Å². The molecule has 2 N–H and O–H groups in total. The first kappa shape index (κ1) is 25.8. The van der Waals surface area contributed by atoms with E-state index in [-0.39, 0.29) is 29.2 Å². The third-order valence-electron chi connectivity index (χ3n) is 5.89. The number of hydrogen-bond acceptors (Lipinski definition) is 6. The molecule has 4 rings (SSSR count). The maximum absolute atomic E-state index is 13.2. The van der Waals surface area contributed by atoms with E-state index in [2.05, 4.69) is 0 Å². The smallest absolute Gasteiger partial charge is 0.295 e. The summed E-state index contributed by atoms with van der Waals surface area (Å²) in [7, 11) is 0. The molecule has 1 aliphatic rings. The normalized spacial score (nSPS) is 17.2. The summed E-state index contributed by atoms with van der Waals surface area (Å²) in [6.07, 6.45) is 0. The van der Waals surface area contributed by atoms with Crippen molar-refractivity contribution in [2.75, 3.05) is 6.61 Å². The fourth-order valence-electron chi connectivity index (χ4n) is 4.29. The standard InChI is InChI=1S/C30H31NO6/c1-5-36-23-16-10-21(11-17-23)27(33)25-26(20-8-12-22(32)13-9-20)31(29(35)28(25)34)18-19-6-14-24(15-7-19)37-30(2,3)4/h6-17,26,32-33H,5,18H2,1-4H3/b27-25-. The van der Waals surface area contributed by atoms with Gasteiger partial charge in [0.25, 0.3) is 11.7 Å². The van der Waals surface area contributed by atoms with Crippen molar-refractivity contribution < 1.29 is 29.3 Å². The monoisotopic (exact) mass is 501 g/mol. The van der Waals surface area contributed by atoms with Gasteiger partial charge in [0.2, 0.25) is 0 Å². The van der Waals surface area contributed by atoms with Gasteiger partial charge in [0, 0.05) is 12.1 Å². The molecular formula is C30H31NO6. The second-order valence-electron chi connectivity index (χ2n) is 9.83. The Balaban J connectivity index is 1.73. The number of rotatable bonds is 7. The zero-order valence-electron chi connectivity index (χ0n) is 21.4. The number of carbonyl (C=O) groups excluding carboxylic acids is 2. The van der Waals surface area contributed by atoms with Gasteiger partial charge in [-0.25, -0.2) is 0 Å². The molecule has 0 spiro atoms. The Hall–Kier alpha value is -4.26. The van der Waals surface area contributed by atoms with Crippen LogP contribution in [-0.4, -0.2) is 39.0 Å². The van der Waals surface area contributed by atoms with Gasteiger partial charge in [0.15, 0.2) is 0 Å². The van der Waals surface area contributed by atoms with Gasteiger partial charge in [-0.2, -0.15) is 0 Å². The lowest BCUT2D eigenvalue weighted by Crippen LogP contribution is -2.29. The van der Waals surface area contributed by atoms with Crippen LogP contribution in [0.1, 0.15) is 50.4 Å². The fraction of sp³-hybridized carbons (Fsp3) is 0.267. The van der Waals surface area contributed by atoms with Crippen molar-refractivity contribution in [3.63, 3.8) is 0 Å². The van der Waals surface area contributed by atoms with Crippen molar-refractivity contribution in [3.8, 4) is 17.2 Å². The number of aliphatic hydroxyl groups is 1. The third-order valence-corrected chi connectivity index (χ3v) is 5.89. The van der Waals surface area contributed by atoms with Gasteiger partial charge >= 0.3 is 0 Å². The molecular weight excluding hydrogens is 470 g/mol. The lowest BCUT2D eigenvalue weighted by molar-refractivity contribution is -0.140. The van der Waals surface area contributed by atoms with E-state index in [9.17, 15) is 19.8 Å². The molecule has 1 atom stereocenters. The number of hydrogen-bond donors (Lipinski definition) is 2. The van der Waals surface area contributed by atoms with Gasteiger partial charge in [0.05, 0.1) is 18.2 Å². The van der Waals surface area contributed by atoms with E-state index in [1.807, 2.05) is 52.0 Å². The van der Waals surface area contributed by atoms with Crippen LogP contribution in [0, 0.1) is 0 Å². The van der Waals surface area contributed by atoms with Crippen molar-refractivity contribution in [1.82, 2.24) is 4.90 Å². The van der Waals surface area contributed by atoms with Crippen LogP contribution in [0.3, 0.4) is 0 Å². The number of Topliss-reactive ketones (excluding diaryl/α,β-unsaturated/α-hetero) is 1. The average molecular weight is 502 g/mol. The molecule has 3 aromatic carbocycles. The lowest BCUT2D eigenvalue weighted by atomic mass is 9.95. The van der Waals surface area contributed by atoms with E-state index in [1.54, 1.807) is 36.4 Å². The predicted molar refractivity (Wildman–Crippen MR) is 140 cm³/mol. The maximum Gasteiger partial charge on any atom is 0.295 e. The van der Waals surface area contributed by atoms with Crippen molar-refractivity contribution >= 4 is 17.4 Å². The second kappa shape index (κ2) is 10.4. The predicted octanol–water partition coefficient (Wildman–Crippen LogP) is 5.59. The molecule has 1 heterocycles. The highest BCUT2D eigenvalue weighted by atomic mass is 16.5. The molecule has 0 aliphatic carbocycles. The minimum absolute atomic E-state index is 0.00691. The average Bonchev–Trinajstić information content (AvgIpc) is 3.10. The molecule has 0 bridgehead atoms. The second-order valence-corrected chi connectivity index (χ2v) is 9.83. The van der Waals surface area contributed by atoms with Crippen LogP contribution in [0.5, 0.6) is 17.2 Å². The lowest BCUT2D eigenvalue weighted by Gasteiger charge is -2.26. The molecule has 37 heavy (non-hydrogen) atoms. The van der Waals surface area contributed by atoms with Crippen LogP contribution in [0.2, 0.25) is 0 Å². The van der Waals surface area contributed by atoms with Crippen molar-refractivity contribution in [2.45, 2.75) is 45.9 Å². The van der Waals surface area contributed by atoms with Crippen molar-refractivity contribution in [2.24, 2.45) is 0 Å². The number of ether oxygens (including phenoxy) is 2. The number of phenolic OH excluding ortho intramolecular Hbond substituents is 1. The largest absolute Gasteiger partial charge is 0.508 e. The van der Waals surface area contributed by atoms with Crippen LogP contribution in [0.25, 0.3) is 5.76 Å². The Bertz CT molecular complexity index is 1300. The number of benzene rings is 3. The Morgan fingerprint density at radius 2 is 1.49 bits per heavy atom. The molecule has 7 heteroatoms. The number of ketones is 1. The topological polar surface area (TPSA) is 96.3 Å². The van der Waals surface area contributed by atoms with Crippen LogP contribution in [0.4, 0.5) is 0 Å². The Labute approximate surface area is 216 Å². The number of phenols is 1. The van der Waals surface area contributed by atoms with E-state index in [0.717, 1.165) is 5.56 Å². The van der Waals surface area contributed by atoms with Gasteiger partial charge < -0.3 is 24.6 Å². The first-order valence-electron chi connectivity index (χ1n) is 12.2. The van der Waals surface area contributed by atoms with Crippen LogP contribution >= 0.6 is 0 Å². The van der Waals surface area contributed by atoms with E-state index in [4.69, 9.17) is 9.47 Å². The fourth-order valence-corrected chi connectivity index (χ4v) is 4.29. The molecule has 0 saturated carbocycles. The van der Waals surface area contributed by atoms with Crippen molar-refractivity contribution in [3.05, 3.63) is 95.1 Å².